The number of ether oxygens (including phenoxy) is 1. The van der Waals surface area contributed by atoms with Gasteiger partial charge in [0.05, 0.1) is 0 Å². The van der Waals surface area contributed by atoms with Crippen LogP contribution in [0.1, 0.15) is 34.8 Å². The van der Waals surface area contributed by atoms with Crippen LogP contribution in [0.15, 0.2) is 6.07 Å². The van der Waals surface area contributed by atoms with Crippen LogP contribution in [0.4, 0.5) is 0 Å². The number of carboxylic acids is 1. The summed E-state index contributed by atoms with van der Waals surface area (Å²) in [6, 6.07) is 1.71. The zero-order chi connectivity index (χ0) is 13.5. The van der Waals surface area contributed by atoms with Crippen molar-refractivity contribution in [1.29, 1.82) is 0 Å². The third-order valence-electron chi connectivity index (χ3n) is 2.17. The van der Waals surface area contributed by atoms with E-state index in [0.717, 1.165) is 17.7 Å². The minimum atomic E-state index is -1.02. The van der Waals surface area contributed by atoms with E-state index in [9.17, 15) is 9.59 Å². The zero-order valence-corrected chi connectivity index (χ0v) is 11.3. The summed E-state index contributed by atoms with van der Waals surface area (Å²) in [7, 11) is 0. The van der Waals surface area contributed by atoms with E-state index in [-0.39, 0.29) is 23.1 Å². The Hall–Kier alpha value is -1.56. The Labute approximate surface area is 110 Å². The fourth-order valence-electron chi connectivity index (χ4n) is 1.44. The second kappa shape index (κ2) is 7.00. The lowest BCUT2D eigenvalue weighted by Crippen LogP contribution is -2.28. The maximum absolute atomic E-state index is 11.2. The quantitative estimate of drug-likeness (QED) is 0.794. The van der Waals surface area contributed by atoms with E-state index in [0.29, 0.717) is 6.54 Å². The Morgan fingerprint density at radius 2 is 2.17 bits per heavy atom. The fourth-order valence-corrected chi connectivity index (χ4v) is 2.48. The van der Waals surface area contributed by atoms with Gasteiger partial charge >= 0.3 is 5.97 Å². The summed E-state index contributed by atoms with van der Waals surface area (Å²) >= 11 is 1.20. The van der Waals surface area contributed by atoms with E-state index in [1.807, 2.05) is 13.8 Å². The highest BCUT2D eigenvalue weighted by Gasteiger charge is 2.17. The van der Waals surface area contributed by atoms with Gasteiger partial charge in [0.25, 0.3) is 5.91 Å². The minimum absolute atomic E-state index is 0.155. The normalized spacial score (nSPS) is 10.1. The lowest BCUT2D eigenvalue weighted by atomic mass is 10.3. The van der Waals surface area contributed by atoms with Crippen molar-refractivity contribution in [2.24, 2.45) is 0 Å². The first-order valence-electron chi connectivity index (χ1n) is 5.84. The molecular formula is C12H17NO4S. The molecule has 6 heteroatoms. The number of aromatic carboxylic acids is 1. The first-order valence-corrected chi connectivity index (χ1v) is 6.65. The van der Waals surface area contributed by atoms with Crippen molar-refractivity contribution < 1.29 is 19.4 Å². The molecule has 0 bridgehead atoms. The fraction of sp³-hybridized carbons (Fsp3) is 0.500. The standard InChI is InChI=1S/C12H17NO4S/c1-3-5-8-6-9(11(18-8)12(15)16)17-7-10(14)13-4-2/h6H,3-5,7H2,1-2H3,(H,13,14)(H,15,16). The molecule has 5 nitrogen and oxygen atoms in total. The molecule has 0 saturated heterocycles. The number of carboxylic acid groups (broad SMARTS) is 1. The van der Waals surface area contributed by atoms with E-state index in [1.165, 1.54) is 11.3 Å². The Morgan fingerprint density at radius 3 is 2.72 bits per heavy atom. The molecule has 18 heavy (non-hydrogen) atoms. The van der Waals surface area contributed by atoms with Crippen LogP contribution < -0.4 is 10.1 Å². The number of nitrogens with one attached hydrogen (secondary N) is 1. The number of carbonyl (C=O) groups excluding carboxylic acids is 1. The number of amides is 1. The molecule has 0 radical (unpaired) electrons. The SMILES string of the molecule is CCCc1cc(OCC(=O)NCC)c(C(=O)O)s1. The zero-order valence-electron chi connectivity index (χ0n) is 10.5. The largest absolute Gasteiger partial charge is 0.482 e. The highest BCUT2D eigenvalue weighted by molar-refractivity contribution is 7.14. The molecule has 0 aliphatic rings. The first kappa shape index (κ1) is 14.5. The summed E-state index contributed by atoms with van der Waals surface area (Å²) in [6.45, 7) is 4.20. The summed E-state index contributed by atoms with van der Waals surface area (Å²) in [4.78, 5) is 23.4. The van der Waals surface area contributed by atoms with Gasteiger partial charge in [0.2, 0.25) is 0 Å². The van der Waals surface area contributed by atoms with Crippen LogP contribution >= 0.6 is 11.3 Å². The molecule has 1 aromatic heterocycles. The number of likely N-dealkylation sites (N-methyl/N-ethyl adjacent to an activating group) is 1. The van der Waals surface area contributed by atoms with Crippen LogP contribution in [-0.2, 0) is 11.2 Å². The van der Waals surface area contributed by atoms with Gasteiger partial charge in [-0.25, -0.2) is 4.79 Å². The van der Waals surface area contributed by atoms with Gasteiger partial charge in [-0.1, -0.05) is 13.3 Å². The predicted octanol–water partition coefficient (Wildman–Crippen LogP) is 1.91. The van der Waals surface area contributed by atoms with Crippen LogP contribution in [0, 0.1) is 0 Å². The summed E-state index contributed by atoms with van der Waals surface area (Å²) in [5.41, 5.74) is 0. The van der Waals surface area contributed by atoms with Crippen molar-refractivity contribution in [2.45, 2.75) is 26.7 Å². The lowest BCUT2D eigenvalue weighted by Gasteiger charge is -2.04. The second-order valence-electron chi connectivity index (χ2n) is 3.70. The molecule has 1 aromatic rings. The molecule has 1 rings (SSSR count). The molecule has 2 N–H and O–H groups in total. The Morgan fingerprint density at radius 1 is 1.44 bits per heavy atom. The maximum atomic E-state index is 11.2. The van der Waals surface area contributed by atoms with Crippen molar-refractivity contribution in [3.05, 3.63) is 15.8 Å². The monoisotopic (exact) mass is 271 g/mol. The molecule has 0 aliphatic heterocycles. The average molecular weight is 271 g/mol. The van der Waals surface area contributed by atoms with Crippen LogP contribution in [-0.4, -0.2) is 30.1 Å². The third kappa shape index (κ3) is 4.03. The van der Waals surface area contributed by atoms with Gasteiger partial charge in [-0.2, -0.15) is 0 Å². The lowest BCUT2D eigenvalue weighted by molar-refractivity contribution is -0.123. The van der Waals surface area contributed by atoms with Crippen LogP contribution in [0.3, 0.4) is 0 Å². The summed E-state index contributed by atoms with van der Waals surface area (Å²) in [5, 5.41) is 11.6. The smallest absolute Gasteiger partial charge is 0.349 e. The van der Waals surface area contributed by atoms with Gasteiger partial charge < -0.3 is 15.2 Å². The number of rotatable bonds is 7. The van der Waals surface area contributed by atoms with E-state index < -0.39 is 5.97 Å². The molecule has 0 atom stereocenters. The van der Waals surface area contributed by atoms with E-state index in [4.69, 9.17) is 9.84 Å². The second-order valence-corrected chi connectivity index (χ2v) is 4.84. The van der Waals surface area contributed by atoms with Gasteiger partial charge in [-0.15, -0.1) is 11.3 Å². The molecular weight excluding hydrogens is 254 g/mol. The Bertz CT molecular complexity index is 428. The highest BCUT2D eigenvalue weighted by atomic mass is 32.1. The van der Waals surface area contributed by atoms with Crippen LogP contribution in [0.2, 0.25) is 0 Å². The summed E-state index contributed by atoms with van der Waals surface area (Å²) < 4.78 is 5.26. The molecule has 1 amide bonds. The molecule has 0 unspecified atom stereocenters. The number of thiophene rings is 1. The molecule has 0 spiro atoms. The Balaban J connectivity index is 2.73. The maximum Gasteiger partial charge on any atom is 0.349 e. The van der Waals surface area contributed by atoms with Gasteiger partial charge in [-0.3, -0.25) is 4.79 Å². The average Bonchev–Trinajstić information content (AvgIpc) is 2.71. The van der Waals surface area contributed by atoms with Crippen molar-refractivity contribution in [1.82, 2.24) is 5.32 Å². The molecule has 100 valence electrons. The summed E-state index contributed by atoms with van der Waals surface area (Å²) in [5.74, 6) is -0.993. The number of hydrogen-bond donors (Lipinski definition) is 2. The van der Waals surface area contributed by atoms with Gasteiger partial charge in [-0.05, 0) is 19.4 Å². The minimum Gasteiger partial charge on any atom is -0.482 e. The van der Waals surface area contributed by atoms with E-state index in [1.54, 1.807) is 6.07 Å². The third-order valence-corrected chi connectivity index (χ3v) is 3.34. The van der Waals surface area contributed by atoms with Crippen molar-refractivity contribution in [2.75, 3.05) is 13.2 Å². The molecule has 0 saturated carbocycles. The Kier molecular flexibility index (Phi) is 5.64. The highest BCUT2D eigenvalue weighted by Crippen LogP contribution is 2.30. The molecule has 1 heterocycles. The van der Waals surface area contributed by atoms with E-state index >= 15 is 0 Å². The van der Waals surface area contributed by atoms with Gasteiger partial charge in [0, 0.05) is 11.4 Å². The van der Waals surface area contributed by atoms with Gasteiger partial charge in [0.1, 0.15) is 5.75 Å². The van der Waals surface area contributed by atoms with Gasteiger partial charge in [0.15, 0.2) is 11.5 Å². The van der Waals surface area contributed by atoms with E-state index in [2.05, 4.69) is 5.32 Å². The van der Waals surface area contributed by atoms with Crippen molar-refractivity contribution in [3.63, 3.8) is 0 Å². The number of carbonyl (C=O) groups is 2. The first-order chi connectivity index (χ1) is 8.58. The number of hydrogen-bond acceptors (Lipinski definition) is 4. The molecule has 0 aromatic carbocycles. The van der Waals surface area contributed by atoms with Crippen LogP contribution in [0.25, 0.3) is 0 Å². The molecule has 0 aliphatic carbocycles. The predicted molar refractivity (Wildman–Crippen MR) is 69.5 cm³/mol. The number of aryl methyl sites for hydroxylation is 1. The van der Waals surface area contributed by atoms with Crippen molar-refractivity contribution in [3.8, 4) is 5.75 Å². The molecule has 0 fully saturated rings. The van der Waals surface area contributed by atoms with Crippen LogP contribution in [0.5, 0.6) is 5.75 Å². The topological polar surface area (TPSA) is 75.6 Å². The summed E-state index contributed by atoms with van der Waals surface area (Å²) in [6.07, 6.45) is 1.75. The van der Waals surface area contributed by atoms with Crippen molar-refractivity contribution >= 4 is 23.2 Å².